The summed E-state index contributed by atoms with van der Waals surface area (Å²) < 4.78 is 11.8. The summed E-state index contributed by atoms with van der Waals surface area (Å²) in [5.41, 5.74) is 7.72. The largest absolute Gasteiger partial charge is 0.485 e. The average molecular weight is 311 g/mol. The highest BCUT2D eigenvalue weighted by Crippen LogP contribution is 2.28. The van der Waals surface area contributed by atoms with Gasteiger partial charge in [-0.25, -0.2) is 0 Å². The van der Waals surface area contributed by atoms with Crippen LogP contribution in [0.5, 0.6) is 5.75 Å². The highest BCUT2D eigenvalue weighted by Gasteiger charge is 2.10. The van der Waals surface area contributed by atoms with Crippen LogP contribution in [0.15, 0.2) is 33.3 Å². The molecule has 0 radical (unpaired) electrons. The van der Waals surface area contributed by atoms with E-state index in [1.807, 2.05) is 38.1 Å². The van der Waals surface area contributed by atoms with E-state index < -0.39 is 0 Å². The third-order valence-electron chi connectivity index (χ3n) is 2.51. The van der Waals surface area contributed by atoms with Gasteiger partial charge in [-0.3, -0.25) is 0 Å². The first-order valence-electron chi connectivity index (χ1n) is 5.66. The molecule has 2 rings (SSSR count). The van der Waals surface area contributed by atoms with Crippen molar-refractivity contribution in [2.75, 3.05) is 0 Å². The SMILES string of the molecule is Cc1cc(COc2cc(Br)ccc2[C@@H](C)N)on1. The van der Waals surface area contributed by atoms with Gasteiger partial charge in [0, 0.05) is 22.1 Å². The van der Waals surface area contributed by atoms with Gasteiger partial charge in [-0.1, -0.05) is 27.2 Å². The summed E-state index contributed by atoms with van der Waals surface area (Å²) in [6.45, 7) is 4.14. The Balaban J connectivity index is 2.15. The molecule has 2 aromatic rings. The Labute approximate surface area is 114 Å². The first-order valence-corrected chi connectivity index (χ1v) is 6.45. The van der Waals surface area contributed by atoms with E-state index in [1.54, 1.807) is 0 Å². The monoisotopic (exact) mass is 310 g/mol. The third-order valence-corrected chi connectivity index (χ3v) is 3.01. The van der Waals surface area contributed by atoms with E-state index in [1.165, 1.54) is 0 Å². The molecule has 0 amide bonds. The molecule has 5 heteroatoms. The number of nitrogens with zero attached hydrogens (tertiary/aromatic N) is 1. The van der Waals surface area contributed by atoms with Crippen LogP contribution in [0.2, 0.25) is 0 Å². The van der Waals surface area contributed by atoms with Gasteiger partial charge >= 0.3 is 0 Å². The van der Waals surface area contributed by atoms with Crippen LogP contribution in [-0.4, -0.2) is 5.16 Å². The van der Waals surface area contributed by atoms with Crippen molar-refractivity contribution >= 4 is 15.9 Å². The number of ether oxygens (including phenoxy) is 1. The topological polar surface area (TPSA) is 61.3 Å². The zero-order valence-electron chi connectivity index (χ0n) is 10.3. The predicted molar refractivity (Wildman–Crippen MR) is 72.3 cm³/mol. The first-order chi connectivity index (χ1) is 8.56. The van der Waals surface area contributed by atoms with Gasteiger partial charge in [-0.2, -0.15) is 0 Å². The highest BCUT2D eigenvalue weighted by molar-refractivity contribution is 9.10. The van der Waals surface area contributed by atoms with Crippen LogP contribution >= 0.6 is 15.9 Å². The summed E-state index contributed by atoms with van der Waals surface area (Å²) in [6.07, 6.45) is 0. The number of hydrogen-bond donors (Lipinski definition) is 1. The highest BCUT2D eigenvalue weighted by atomic mass is 79.9. The molecule has 0 saturated carbocycles. The second kappa shape index (κ2) is 5.54. The van der Waals surface area contributed by atoms with E-state index in [9.17, 15) is 0 Å². The van der Waals surface area contributed by atoms with Crippen LogP contribution in [0.3, 0.4) is 0 Å². The molecule has 0 unspecified atom stereocenters. The van der Waals surface area contributed by atoms with Gasteiger partial charge in [0.1, 0.15) is 12.4 Å². The summed E-state index contributed by atoms with van der Waals surface area (Å²) in [5.74, 6) is 1.46. The van der Waals surface area contributed by atoms with Crippen molar-refractivity contribution in [3.05, 3.63) is 45.8 Å². The molecular weight excluding hydrogens is 296 g/mol. The molecule has 1 aromatic heterocycles. The van der Waals surface area contributed by atoms with Crippen molar-refractivity contribution in [2.45, 2.75) is 26.5 Å². The number of halogens is 1. The smallest absolute Gasteiger partial charge is 0.174 e. The molecule has 4 nitrogen and oxygen atoms in total. The summed E-state index contributed by atoms with van der Waals surface area (Å²) in [7, 11) is 0. The standard InChI is InChI=1S/C13H15BrN2O2/c1-8-5-11(18-16-8)7-17-13-6-10(14)3-4-12(13)9(2)15/h3-6,9H,7,15H2,1-2H3/t9-/m1/s1. The molecule has 1 atom stereocenters. The molecule has 0 aliphatic carbocycles. The summed E-state index contributed by atoms with van der Waals surface area (Å²) in [5, 5.41) is 3.82. The van der Waals surface area contributed by atoms with Crippen molar-refractivity contribution in [3.8, 4) is 5.75 Å². The van der Waals surface area contributed by atoms with Crippen LogP contribution in [0.1, 0.15) is 30.0 Å². The maximum atomic E-state index is 5.91. The number of aromatic nitrogens is 1. The van der Waals surface area contributed by atoms with Gasteiger partial charge in [0.15, 0.2) is 5.76 Å². The second-order valence-corrected chi connectivity index (χ2v) is 5.11. The lowest BCUT2D eigenvalue weighted by molar-refractivity contribution is 0.246. The fourth-order valence-electron chi connectivity index (χ4n) is 1.64. The van der Waals surface area contributed by atoms with E-state index in [0.29, 0.717) is 12.4 Å². The molecule has 0 bridgehead atoms. The summed E-state index contributed by atoms with van der Waals surface area (Å²) >= 11 is 3.42. The van der Waals surface area contributed by atoms with Crippen LogP contribution in [-0.2, 0) is 6.61 Å². The average Bonchev–Trinajstić information content (AvgIpc) is 2.72. The maximum Gasteiger partial charge on any atom is 0.174 e. The molecule has 1 aromatic carbocycles. The van der Waals surface area contributed by atoms with E-state index in [2.05, 4.69) is 21.1 Å². The normalized spacial score (nSPS) is 12.4. The van der Waals surface area contributed by atoms with Crippen molar-refractivity contribution in [2.24, 2.45) is 5.73 Å². The molecule has 1 heterocycles. The lowest BCUT2D eigenvalue weighted by atomic mass is 10.1. The molecule has 0 fully saturated rings. The molecule has 18 heavy (non-hydrogen) atoms. The van der Waals surface area contributed by atoms with Gasteiger partial charge in [-0.05, 0) is 26.0 Å². The van der Waals surface area contributed by atoms with Crippen molar-refractivity contribution in [1.82, 2.24) is 5.16 Å². The number of rotatable bonds is 4. The molecule has 2 N–H and O–H groups in total. The first kappa shape index (κ1) is 13.1. The summed E-state index contributed by atoms with van der Waals surface area (Å²) in [6, 6.07) is 7.58. The van der Waals surface area contributed by atoms with E-state index in [4.69, 9.17) is 15.0 Å². The van der Waals surface area contributed by atoms with Crippen LogP contribution in [0.25, 0.3) is 0 Å². The summed E-state index contributed by atoms with van der Waals surface area (Å²) in [4.78, 5) is 0. The molecule has 0 spiro atoms. The second-order valence-electron chi connectivity index (χ2n) is 4.19. The van der Waals surface area contributed by atoms with Crippen LogP contribution in [0.4, 0.5) is 0 Å². The quantitative estimate of drug-likeness (QED) is 0.940. The lowest BCUT2D eigenvalue weighted by Gasteiger charge is -2.13. The molecular formula is C13H15BrN2O2. The Hall–Kier alpha value is -1.33. The predicted octanol–water partition coefficient (Wildman–Crippen LogP) is 3.34. The van der Waals surface area contributed by atoms with E-state index >= 15 is 0 Å². The van der Waals surface area contributed by atoms with E-state index in [0.717, 1.165) is 21.5 Å². The molecule has 96 valence electrons. The number of benzene rings is 1. The van der Waals surface area contributed by atoms with Gasteiger partial charge < -0.3 is 15.0 Å². The molecule has 0 aliphatic rings. The van der Waals surface area contributed by atoms with Gasteiger partial charge in [0.05, 0.1) is 5.69 Å². The van der Waals surface area contributed by atoms with Gasteiger partial charge in [-0.15, -0.1) is 0 Å². The van der Waals surface area contributed by atoms with Crippen LogP contribution in [0, 0.1) is 6.92 Å². The zero-order chi connectivity index (χ0) is 13.1. The minimum Gasteiger partial charge on any atom is -0.485 e. The van der Waals surface area contributed by atoms with Crippen molar-refractivity contribution in [3.63, 3.8) is 0 Å². The van der Waals surface area contributed by atoms with Gasteiger partial charge in [0.2, 0.25) is 0 Å². The fourth-order valence-corrected chi connectivity index (χ4v) is 1.98. The molecule has 0 saturated heterocycles. The van der Waals surface area contributed by atoms with Crippen LogP contribution < -0.4 is 10.5 Å². The Morgan fingerprint density at radius 1 is 1.44 bits per heavy atom. The zero-order valence-corrected chi connectivity index (χ0v) is 11.9. The Morgan fingerprint density at radius 2 is 2.22 bits per heavy atom. The third kappa shape index (κ3) is 3.11. The Bertz CT molecular complexity index is 538. The lowest BCUT2D eigenvalue weighted by Crippen LogP contribution is -2.08. The Kier molecular flexibility index (Phi) is 4.04. The number of nitrogens with two attached hydrogens (primary N) is 1. The van der Waals surface area contributed by atoms with Crippen molar-refractivity contribution < 1.29 is 9.26 Å². The van der Waals surface area contributed by atoms with Gasteiger partial charge in [0.25, 0.3) is 0 Å². The number of aryl methyl sites for hydroxylation is 1. The minimum absolute atomic E-state index is 0.0791. The Morgan fingerprint density at radius 3 is 2.83 bits per heavy atom. The minimum atomic E-state index is -0.0791. The molecule has 0 aliphatic heterocycles. The number of hydrogen-bond acceptors (Lipinski definition) is 4. The fraction of sp³-hybridized carbons (Fsp3) is 0.308. The van der Waals surface area contributed by atoms with Crippen molar-refractivity contribution in [1.29, 1.82) is 0 Å². The van der Waals surface area contributed by atoms with E-state index in [-0.39, 0.29) is 6.04 Å². The maximum absolute atomic E-state index is 5.91.